The van der Waals surface area contributed by atoms with Crippen molar-refractivity contribution in [1.82, 2.24) is 19.7 Å². The van der Waals surface area contributed by atoms with Crippen LogP contribution in [0.5, 0.6) is 11.5 Å². The van der Waals surface area contributed by atoms with Gasteiger partial charge in [0.15, 0.2) is 17.3 Å². The quantitative estimate of drug-likeness (QED) is 0.341. The Hall–Kier alpha value is -4.89. The molecule has 0 saturated carbocycles. The fourth-order valence-electron chi connectivity index (χ4n) is 5.12. The van der Waals surface area contributed by atoms with E-state index in [1.54, 1.807) is 44.9 Å². The van der Waals surface area contributed by atoms with Crippen LogP contribution >= 0.6 is 0 Å². The number of aliphatic hydroxyl groups excluding tert-OH is 1. The molecule has 0 unspecified atom stereocenters. The van der Waals surface area contributed by atoms with Gasteiger partial charge in [-0.1, -0.05) is 24.3 Å². The van der Waals surface area contributed by atoms with Crippen LogP contribution in [0, 0.1) is 0 Å². The Labute approximate surface area is 230 Å². The SMILES string of the molecule is COc1cc2c(cc1OC)C(c1ccnc(-n3nc(Cc4cccnc4)c4ccccc4c3=O)c1)=N[C@H](CO)C2. The normalized spacial score (nSPS) is 14.5. The van der Waals surface area contributed by atoms with E-state index in [1.807, 2.05) is 48.5 Å². The largest absolute Gasteiger partial charge is 0.493 e. The zero-order valence-corrected chi connectivity index (χ0v) is 22.1. The summed E-state index contributed by atoms with van der Waals surface area (Å²) in [5.41, 5.74) is 4.74. The average Bonchev–Trinajstić information content (AvgIpc) is 3.01. The number of aliphatic hydroxyl groups is 1. The summed E-state index contributed by atoms with van der Waals surface area (Å²) in [5.74, 6) is 1.57. The van der Waals surface area contributed by atoms with Crippen molar-refractivity contribution in [2.45, 2.75) is 18.9 Å². The number of ether oxygens (including phenoxy) is 2. The number of methoxy groups -OCH3 is 2. The molecule has 40 heavy (non-hydrogen) atoms. The van der Waals surface area contributed by atoms with Gasteiger partial charge >= 0.3 is 0 Å². The lowest BCUT2D eigenvalue weighted by Gasteiger charge is -2.24. The van der Waals surface area contributed by atoms with Gasteiger partial charge < -0.3 is 14.6 Å². The van der Waals surface area contributed by atoms with Gasteiger partial charge in [0, 0.05) is 41.5 Å². The number of hydrogen-bond donors (Lipinski definition) is 1. The second kappa shape index (κ2) is 10.7. The van der Waals surface area contributed by atoms with Gasteiger partial charge in [-0.2, -0.15) is 9.78 Å². The van der Waals surface area contributed by atoms with Crippen LogP contribution in [0.3, 0.4) is 0 Å². The Kier molecular flexibility index (Phi) is 6.79. The summed E-state index contributed by atoms with van der Waals surface area (Å²) in [7, 11) is 3.18. The molecule has 0 bridgehead atoms. The Balaban J connectivity index is 1.49. The molecule has 9 nitrogen and oxygen atoms in total. The minimum atomic E-state index is -0.315. The van der Waals surface area contributed by atoms with Crippen molar-refractivity contribution in [3.8, 4) is 17.3 Å². The molecule has 0 saturated heterocycles. The van der Waals surface area contributed by atoms with Crippen molar-refractivity contribution >= 4 is 16.5 Å². The topological polar surface area (TPSA) is 112 Å². The maximum Gasteiger partial charge on any atom is 0.280 e. The van der Waals surface area contributed by atoms with Gasteiger partial charge in [-0.05, 0) is 53.9 Å². The van der Waals surface area contributed by atoms with Crippen molar-refractivity contribution in [3.63, 3.8) is 0 Å². The molecule has 0 amide bonds. The van der Waals surface area contributed by atoms with E-state index in [1.165, 1.54) is 4.68 Å². The number of aromatic nitrogens is 4. The van der Waals surface area contributed by atoms with Gasteiger partial charge in [-0.3, -0.25) is 14.8 Å². The standard InChI is InChI=1S/C31H27N5O4/c1-39-27-14-21-13-22(18-37)34-30(25(21)16-28(27)40-2)20-9-11-33-29(15-20)36-31(38)24-8-4-3-7-23(24)26(35-36)12-19-6-5-10-32-17-19/h3-11,14-17,22,37H,12-13,18H2,1-2H3/t22-/m0/s1. The molecule has 6 rings (SSSR count). The summed E-state index contributed by atoms with van der Waals surface area (Å²) in [4.78, 5) is 27.2. The first-order valence-electron chi connectivity index (χ1n) is 12.9. The molecule has 9 heteroatoms. The van der Waals surface area contributed by atoms with Gasteiger partial charge in [-0.15, -0.1) is 0 Å². The second-order valence-corrected chi connectivity index (χ2v) is 9.53. The third-order valence-electron chi connectivity index (χ3n) is 7.05. The number of hydrogen-bond acceptors (Lipinski definition) is 8. The lowest BCUT2D eigenvalue weighted by molar-refractivity contribution is 0.265. The number of nitrogens with zero attached hydrogens (tertiary/aromatic N) is 5. The third-order valence-corrected chi connectivity index (χ3v) is 7.05. The molecule has 1 aliphatic heterocycles. The molecule has 0 spiro atoms. The van der Waals surface area contributed by atoms with Crippen molar-refractivity contribution in [2.24, 2.45) is 4.99 Å². The highest BCUT2D eigenvalue weighted by molar-refractivity contribution is 6.15. The highest BCUT2D eigenvalue weighted by Crippen LogP contribution is 2.35. The van der Waals surface area contributed by atoms with E-state index in [-0.39, 0.29) is 18.2 Å². The van der Waals surface area contributed by atoms with Crippen LogP contribution < -0.4 is 15.0 Å². The third kappa shape index (κ3) is 4.60. The Morgan fingerprint density at radius 3 is 2.52 bits per heavy atom. The number of aliphatic imine (C=N–C) groups is 1. The zero-order valence-electron chi connectivity index (χ0n) is 22.1. The molecule has 1 N–H and O–H groups in total. The van der Waals surface area contributed by atoms with E-state index in [0.717, 1.165) is 33.3 Å². The van der Waals surface area contributed by atoms with Crippen molar-refractivity contribution < 1.29 is 14.6 Å². The Morgan fingerprint density at radius 1 is 0.975 bits per heavy atom. The van der Waals surface area contributed by atoms with Crippen LogP contribution in [0.1, 0.15) is 27.9 Å². The van der Waals surface area contributed by atoms with Crippen LogP contribution in [0.2, 0.25) is 0 Å². The van der Waals surface area contributed by atoms with Crippen molar-refractivity contribution in [3.05, 3.63) is 118 Å². The van der Waals surface area contributed by atoms with Crippen LogP contribution in [-0.2, 0) is 12.8 Å². The maximum atomic E-state index is 13.6. The molecule has 200 valence electrons. The van der Waals surface area contributed by atoms with E-state index in [4.69, 9.17) is 19.6 Å². The highest BCUT2D eigenvalue weighted by Gasteiger charge is 2.25. The first-order valence-corrected chi connectivity index (χ1v) is 12.9. The van der Waals surface area contributed by atoms with E-state index < -0.39 is 0 Å². The van der Waals surface area contributed by atoms with Gasteiger partial charge in [-0.25, -0.2) is 4.98 Å². The van der Waals surface area contributed by atoms with E-state index in [9.17, 15) is 9.90 Å². The van der Waals surface area contributed by atoms with Gasteiger partial charge in [0.25, 0.3) is 5.56 Å². The molecule has 2 aromatic carbocycles. The van der Waals surface area contributed by atoms with E-state index in [2.05, 4.69) is 9.97 Å². The minimum Gasteiger partial charge on any atom is -0.493 e. The molecular weight excluding hydrogens is 506 g/mol. The molecule has 4 heterocycles. The molecular formula is C31H27N5O4. The lowest BCUT2D eigenvalue weighted by atomic mass is 9.90. The Morgan fingerprint density at radius 2 is 1.77 bits per heavy atom. The Bertz CT molecular complexity index is 1800. The van der Waals surface area contributed by atoms with Gasteiger partial charge in [0.1, 0.15) is 0 Å². The van der Waals surface area contributed by atoms with Crippen LogP contribution in [0.15, 0.2) is 89.0 Å². The van der Waals surface area contributed by atoms with E-state index in [0.29, 0.717) is 41.3 Å². The smallest absolute Gasteiger partial charge is 0.280 e. The lowest BCUT2D eigenvalue weighted by Crippen LogP contribution is -2.26. The van der Waals surface area contributed by atoms with Gasteiger partial charge in [0.05, 0.1) is 43.7 Å². The summed E-state index contributed by atoms with van der Waals surface area (Å²) >= 11 is 0. The summed E-state index contributed by atoms with van der Waals surface area (Å²) in [6, 6.07) is 18.5. The molecule has 3 aromatic heterocycles. The molecule has 0 aliphatic carbocycles. The first kappa shape index (κ1) is 25.4. The zero-order chi connectivity index (χ0) is 27.6. The average molecular weight is 534 g/mol. The first-order chi connectivity index (χ1) is 19.6. The number of pyridine rings is 2. The van der Waals surface area contributed by atoms with Crippen molar-refractivity contribution in [2.75, 3.05) is 20.8 Å². The summed E-state index contributed by atoms with van der Waals surface area (Å²) in [6.45, 7) is -0.0986. The predicted octanol–water partition coefficient (Wildman–Crippen LogP) is 3.54. The van der Waals surface area contributed by atoms with Crippen LogP contribution in [-0.4, -0.2) is 57.4 Å². The monoisotopic (exact) mass is 533 g/mol. The van der Waals surface area contributed by atoms with Crippen LogP contribution in [0.4, 0.5) is 0 Å². The highest BCUT2D eigenvalue weighted by atomic mass is 16.5. The molecule has 0 fully saturated rings. The summed E-state index contributed by atoms with van der Waals surface area (Å²) in [5, 5.41) is 16.1. The number of benzene rings is 2. The second-order valence-electron chi connectivity index (χ2n) is 9.53. The molecule has 5 aromatic rings. The maximum absolute atomic E-state index is 13.6. The summed E-state index contributed by atoms with van der Waals surface area (Å²) < 4.78 is 12.4. The minimum absolute atomic E-state index is 0.0986. The van der Waals surface area contributed by atoms with Crippen molar-refractivity contribution in [1.29, 1.82) is 0 Å². The van der Waals surface area contributed by atoms with Gasteiger partial charge in [0.2, 0.25) is 0 Å². The fourth-order valence-corrected chi connectivity index (χ4v) is 5.12. The number of fused-ring (bicyclic) bond motifs is 2. The fraction of sp³-hybridized carbons (Fsp3) is 0.194. The predicted molar refractivity (Wildman–Crippen MR) is 152 cm³/mol. The molecule has 0 radical (unpaired) electrons. The van der Waals surface area contributed by atoms with Crippen LogP contribution in [0.25, 0.3) is 16.6 Å². The number of rotatable bonds is 7. The van der Waals surface area contributed by atoms with E-state index >= 15 is 0 Å². The summed E-state index contributed by atoms with van der Waals surface area (Å²) in [6.07, 6.45) is 6.24. The molecule has 1 aliphatic rings. The molecule has 1 atom stereocenters.